The third kappa shape index (κ3) is 6.36. The average molecular weight is 436 g/mol. The maximum atomic E-state index is 12.4. The predicted octanol–water partition coefficient (Wildman–Crippen LogP) is 2.39. The molecule has 0 spiro atoms. The van der Waals surface area contributed by atoms with E-state index in [1.165, 1.54) is 18.7 Å². The van der Waals surface area contributed by atoms with Crippen LogP contribution in [0, 0.1) is 0 Å². The van der Waals surface area contributed by atoms with Crippen molar-refractivity contribution in [2.45, 2.75) is 5.32 Å². The molecule has 0 saturated carbocycles. The number of carbonyl (C=O) groups is 1. The Labute approximate surface area is 164 Å². The number of esters is 1. The van der Waals surface area contributed by atoms with E-state index in [1.54, 1.807) is 12.1 Å². The van der Waals surface area contributed by atoms with Crippen molar-refractivity contribution >= 4 is 25.4 Å². The van der Waals surface area contributed by atoms with Crippen LogP contribution in [-0.4, -0.2) is 55.1 Å². The van der Waals surface area contributed by atoms with E-state index in [2.05, 4.69) is 17.2 Å². The number of nitrogens with zero attached hydrogens (tertiary/aromatic N) is 2. The molecule has 0 N–H and O–H groups in total. The van der Waals surface area contributed by atoms with Gasteiger partial charge in [0.2, 0.25) is 0 Å². The Morgan fingerprint density at radius 2 is 1.93 bits per heavy atom. The number of benzene rings is 2. The van der Waals surface area contributed by atoms with E-state index >= 15 is 0 Å². The summed E-state index contributed by atoms with van der Waals surface area (Å²) in [6.45, 7) is 0.347. The number of rotatable bonds is 11. The van der Waals surface area contributed by atoms with Gasteiger partial charge < -0.3 is 0 Å². The predicted molar refractivity (Wildman–Crippen MR) is 102 cm³/mol. The summed E-state index contributed by atoms with van der Waals surface area (Å²) < 4.78 is 22.3. The molecule has 2 aromatic carbocycles. The zero-order valence-electron chi connectivity index (χ0n) is 15.2. The molecule has 0 aliphatic carbocycles. The molecule has 0 fully saturated rings. The van der Waals surface area contributed by atoms with Crippen LogP contribution in [0.5, 0.6) is 11.5 Å². The molecule has 7 nitrogen and oxygen atoms in total. The monoisotopic (exact) mass is 437 g/mol. The summed E-state index contributed by atoms with van der Waals surface area (Å²) >= 11 is 0.113. The van der Waals surface area contributed by atoms with E-state index in [0.29, 0.717) is 22.4 Å². The van der Waals surface area contributed by atoms with E-state index in [1.807, 2.05) is 18.2 Å². The van der Waals surface area contributed by atoms with E-state index < -0.39 is 5.97 Å². The summed E-state index contributed by atoms with van der Waals surface area (Å²) in [5, 5.41) is 3.69. The van der Waals surface area contributed by atoms with Crippen LogP contribution >= 0.6 is 0 Å². The molecule has 8 heteroatoms. The molecule has 2 rings (SSSR count). The fourth-order valence-corrected chi connectivity index (χ4v) is 4.18. The standard InChI is InChI=1S/C19H21N2O5Se/c1-23-13-26-17-11-15(25-9-8-21-20)10-14(18(17)19(22)24-2)12-27-16-6-4-3-5-7-16/h3-7,10-11H,8-9,12-13H2,1-2H3/q-1. The normalized spacial score (nSPS) is 10.3. The van der Waals surface area contributed by atoms with Crippen LogP contribution in [0.25, 0.3) is 5.53 Å². The van der Waals surface area contributed by atoms with Crippen LogP contribution in [0.15, 0.2) is 47.6 Å². The maximum absolute atomic E-state index is 12.4. The van der Waals surface area contributed by atoms with Crippen molar-refractivity contribution in [3.63, 3.8) is 0 Å². The van der Waals surface area contributed by atoms with Crippen LogP contribution in [0.1, 0.15) is 15.9 Å². The minimum atomic E-state index is -0.475. The second-order valence-electron chi connectivity index (χ2n) is 5.31. The number of methoxy groups -OCH3 is 2. The van der Waals surface area contributed by atoms with Crippen molar-refractivity contribution in [2.75, 3.05) is 34.2 Å². The third-order valence-electron chi connectivity index (χ3n) is 3.48. The van der Waals surface area contributed by atoms with Crippen LogP contribution in [0.4, 0.5) is 0 Å². The van der Waals surface area contributed by atoms with Gasteiger partial charge in [-0.15, -0.1) is 0 Å². The molecule has 0 saturated heterocycles. The summed E-state index contributed by atoms with van der Waals surface area (Å²) in [7, 11) is 2.84. The Kier molecular flexibility index (Phi) is 8.77. The van der Waals surface area contributed by atoms with Crippen LogP contribution < -0.4 is 13.9 Å². The third-order valence-corrected chi connectivity index (χ3v) is 5.70. The minimum absolute atomic E-state index is 0.0112. The Morgan fingerprint density at radius 3 is 2.59 bits per heavy atom. The first-order valence-corrected chi connectivity index (χ1v) is 10.2. The number of hydrogen-bond acceptors (Lipinski definition) is 6. The van der Waals surface area contributed by atoms with Crippen molar-refractivity contribution in [2.24, 2.45) is 5.11 Å². The second-order valence-corrected chi connectivity index (χ2v) is 7.51. The molecule has 2 aromatic rings. The summed E-state index contributed by atoms with van der Waals surface area (Å²) in [6, 6.07) is 13.5. The van der Waals surface area contributed by atoms with Crippen LogP contribution in [0.3, 0.4) is 0 Å². The van der Waals surface area contributed by atoms with E-state index in [4.69, 9.17) is 24.5 Å². The summed E-state index contributed by atoms with van der Waals surface area (Å²) in [6.07, 6.45) is 0. The zero-order chi connectivity index (χ0) is 19.5. The van der Waals surface area contributed by atoms with E-state index in [9.17, 15) is 4.79 Å². The number of ether oxygens (including phenoxy) is 4. The molecule has 27 heavy (non-hydrogen) atoms. The molecule has 0 atom stereocenters. The molecule has 0 unspecified atom stereocenters. The Morgan fingerprint density at radius 1 is 1.15 bits per heavy atom. The SMILES string of the molecule is COCOc1cc(OCCN=[N-])cc(C[Se]c2ccccc2)c1C(=O)OC. The quantitative estimate of drug-likeness (QED) is 0.177. The molecule has 0 aromatic heterocycles. The first-order valence-electron chi connectivity index (χ1n) is 8.18. The van der Waals surface area contributed by atoms with Crippen molar-refractivity contribution in [3.8, 4) is 11.5 Å². The second kappa shape index (κ2) is 11.3. The molecular weight excluding hydrogens is 415 g/mol. The topological polar surface area (TPSA) is 88.6 Å². The molecule has 0 radical (unpaired) electrons. The van der Waals surface area contributed by atoms with E-state index in [0.717, 1.165) is 5.56 Å². The first-order chi connectivity index (χ1) is 13.2. The number of carbonyl (C=O) groups excluding carboxylic acids is 1. The van der Waals surface area contributed by atoms with Gasteiger partial charge in [0, 0.05) is 0 Å². The summed E-state index contributed by atoms with van der Waals surface area (Å²) in [4.78, 5) is 12.4. The van der Waals surface area contributed by atoms with Crippen LogP contribution in [0.2, 0.25) is 0 Å². The Balaban J connectivity index is 2.35. The molecular formula is C19H21N2O5Se-. The number of hydrogen-bond donors (Lipinski definition) is 0. The van der Waals surface area contributed by atoms with Gasteiger partial charge in [0.15, 0.2) is 0 Å². The Bertz CT molecular complexity index is 755. The van der Waals surface area contributed by atoms with E-state index in [-0.39, 0.29) is 34.9 Å². The van der Waals surface area contributed by atoms with Crippen LogP contribution in [-0.2, 0) is 14.8 Å². The fourth-order valence-electron chi connectivity index (χ4n) is 2.29. The average Bonchev–Trinajstić information content (AvgIpc) is 2.71. The molecule has 144 valence electrons. The van der Waals surface area contributed by atoms with Gasteiger partial charge in [-0.2, -0.15) is 0 Å². The van der Waals surface area contributed by atoms with Gasteiger partial charge in [0.05, 0.1) is 0 Å². The molecule has 0 bridgehead atoms. The van der Waals surface area contributed by atoms with Crippen molar-refractivity contribution in [3.05, 3.63) is 59.1 Å². The molecule has 0 aliphatic heterocycles. The molecule has 0 heterocycles. The van der Waals surface area contributed by atoms with Crippen molar-refractivity contribution in [1.82, 2.24) is 0 Å². The molecule has 0 amide bonds. The van der Waals surface area contributed by atoms with Gasteiger partial charge in [-0.3, -0.25) is 0 Å². The molecule has 0 aliphatic rings. The fraction of sp³-hybridized carbons (Fsp3) is 0.316. The Hall–Kier alpha value is -2.41. The van der Waals surface area contributed by atoms with Gasteiger partial charge in [-0.25, -0.2) is 0 Å². The summed E-state index contributed by atoms with van der Waals surface area (Å²) in [5.74, 6) is 0.383. The van der Waals surface area contributed by atoms with Gasteiger partial charge in [0.1, 0.15) is 0 Å². The van der Waals surface area contributed by atoms with Gasteiger partial charge in [-0.05, 0) is 0 Å². The zero-order valence-corrected chi connectivity index (χ0v) is 16.9. The van der Waals surface area contributed by atoms with Crippen molar-refractivity contribution < 1.29 is 23.7 Å². The van der Waals surface area contributed by atoms with Gasteiger partial charge >= 0.3 is 164 Å². The first kappa shape index (κ1) is 20.9. The van der Waals surface area contributed by atoms with Gasteiger partial charge in [0.25, 0.3) is 0 Å². The summed E-state index contributed by atoms with van der Waals surface area (Å²) in [5.41, 5.74) is 9.71. The van der Waals surface area contributed by atoms with Gasteiger partial charge in [-0.1, -0.05) is 0 Å². The van der Waals surface area contributed by atoms with Crippen molar-refractivity contribution in [1.29, 1.82) is 0 Å².